The second-order valence-electron chi connectivity index (χ2n) is 7.01. The van der Waals surface area contributed by atoms with E-state index in [-0.39, 0.29) is 42.7 Å². The second kappa shape index (κ2) is 9.42. The molecule has 7 heteroatoms. The van der Waals surface area contributed by atoms with Crippen LogP contribution in [0.3, 0.4) is 0 Å². The fourth-order valence-corrected chi connectivity index (χ4v) is 4.69. The van der Waals surface area contributed by atoms with Crippen LogP contribution in [0.4, 0.5) is 0 Å². The van der Waals surface area contributed by atoms with Crippen LogP contribution in [-0.2, 0) is 9.53 Å². The number of nitrogens with zero attached hydrogens (tertiary/aromatic N) is 1. The predicted molar refractivity (Wildman–Crippen MR) is 96.3 cm³/mol. The molecule has 5 unspecified atom stereocenters. The van der Waals surface area contributed by atoms with Gasteiger partial charge in [0, 0.05) is 32.3 Å². The van der Waals surface area contributed by atoms with E-state index in [0.717, 1.165) is 26.2 Å². The Kier molecular flexibility index (Phi) is 8.59. The molecule has 3 fully saturated rings. The van der Waals surface area contributed by atoms with Gasteiger partial charge in [-0.3, -0.25) is 9.69 Å². The van der Waals surface area contributed by atoms with Gasteiger partial charge < -0.3 is 15.8 Å². The minimum atomic E-state index is 0. The zero-order chi connectivity index (χ0) is 14.8. The Bertz CT molecular complexity index is 384. The minimum absolute atomic E-state index is 0. The molecule has 1 amide bonds. The van der Waals surface area contributed by atoms with Crippen molar-refractivity contribution in [3.63, 3.8) is 0 Å². The summed E-state index contributed by atoms with van der Waals surface area (Å²) in [5.74, 6) is 1.40. The summed E-state index contributed by atoms with van der Waals surface area (Å²) in [6.45, 7) is 3.62. The Balaban J connectivity index is 0.00000132. The van der Waals surface area contributed by atoms with Crippen LogP contribution in [0.1, 0.15) is 32.1 Å². The Labute approximate surface area is 151 Å². The second-order valence-corrected chi connectivity index (χ2v) is 7.01. The van der Waals surface area contributed by atoms with E-state index in [0.29, 0.717) is 17.9 Å². The van der Waals surface area contributed by atoms with Crippen LogP contribution in [0, 0.1) is 17.8 Å². The van der Waals surface area contributed by atoms with Gasteiger partial charge in [-0.05, 0) is 50.5 Å². The van der Waals surface area contributed by atoms with E-state index < -0.39 is 0 Å². The van der Waals surface area contributed by atoms with E-state index in [2.05, 4.69) is 10.2 Å². The summed E-state index contributed by atoms with van der Waals surface area (Å²) in [4.78, 5) is 14.9. The lowest BCUT2D eigenvalue weighted by molar-refractivity contribution is -0.127. The molecule has 136 valence electrons. The molecule has 2 saturated carbocycles. The van der Waals surface area contributed by atoms with Crippen molar-refractivity contribution in [1.82, 2.24) is 10.2 Å². The summed E-state index contributed by atoms with van der Waals surface area (Å²) in [7, 11) is 1.74. The number of halogens is 2. The Morgan fingerprint density at radius 3 is 2.65 bits per heavy atom. The number of rotatable bonds is 6. The van der Waals surface area contributed by atoms with Crippen molar-refractivity contribution < 1.29 is 9.53 Å². The number of carbonyl (C=O) groups is 1. The first-order valence-electron chi connectivity index (χ1n) is 8.47. The Hall–Kier alpha value is -0.0700. The van der Waals surface area contributed by atoms with Crippen LogP contribution in [0.15, 0.2) is 0 Å². The molecule has 0 radical (unpaired) electrons. The summed E-state index contributed by atoms with van der Waals surface area (Å²) in [6, 6.07) is 0.566. The molecular formula is C16H31Cl2N3O2. The van der Waals surface area contributed by atoms with Crippen molar-refractivity contribution in [3.05, 3.63) is 0 Å². The van der Waals surface area contributed by atoms with Crippen molar-refractivity contribution in [2.75, 3.05) is 33.4 Å². The number of hydrogen-bond donors (Lipinski definition) is 2. The van der Waals surface area contributed by atoms with Gasteiger partial charge in [-0.1, -0.05) is 0 Å². The highest BCUT2D eigenvalue weighted by Gasteiger charge is 2.49. The maximum absolute atomic E-state index is 12.5. The summed E-state index contributed by atoms with van der Waals surface area (Å²) in [5, 5.41) is 3.19. The smallest absolute Gasteiger partial charge is 0.225 e. The molecule has 5 nitrogen and oxygen atoms in total. The monoisotopic (exact) mass is 367 g/mol. The van der Waals surface area contributed by atoms with E-state index in [1.807, 2.05) is 0 Å². The minimum Gasteiger partial charge on any atom is -0.383 e. The molecule has 0 aromatic rings. The maximum Gasteiger partial charge on any atom is 0.225 e. The van der Waals surface area contributed by atoms with Crippen LogP contribution >= 0.6 is 24.8 Å². The predicted octanol–water partition coefficient (Wildman–Crippen LogP) is 1.43. The number of methoxy groups -OCH3 is 1. The summed E-state index contributed by atoms with van der Waals surface area (Å²) in [5.41, 5.74) is 6.25. The average molecular weight is 368 g/mol. The molecular weight excluding hydrogens is 337 g/mol. The van der Waals surface area contributed by atoms with Crippen molar-refractivity contribution in [2.24, 2.45) is 23.5 Å². The molecule has 2 bridgehead atoms. The van der Waals surface area contributed by atoms with Gasteiger partial charge in [-0.25, -0.2) is 0 Å². The highest BCUT2D eigenvalue weighted by molar-refractivity contribution is 5.85. The molecule has 0 aromatic carbocycles. The van der Waals surface area contributed by atoms with Crippen LogP contribution in [-0.4, -0.2) is 56.2 Å². The zero-order valence-electron chi connectivity index (χ0n) is 13.9. The van der Waals surface area contributed by atoms with Crippen LogP contribution in [0.2, 0.25) is 0 Å². The molecule has 1 heterocycles. The van der Waals surface area contributed by atoms with Crippen LogP contribution < -0.4 is 11.1 Å². The SMILES string of the molecule is COCCN1CCCC1CNC(=O)C1C2CCC(C2)C1N.Cl.Cl. The molecule has 0 aromatic heterocycles. The van der Waals surface area contributed by atoms with Gasteiger partial charge in [0.25, 0.3) is 0 Å². The van der Waals surface area contributed by atoms with Crippen molar-refractivity contribution in [3.8, 4) is 0 Å². The summed E-state index contributed by atoms with van der Waals surface area (Å²) < 4.78 is 5.16. The standard InChI is InChI=1S/C16H29N3O2.2ClH/c1-21-8-7-19-6-2-3-13(19)10-18-16(20)14-11-4-5-12(9-11)15(14)17;;/h11-15H,2-10,17H2,1H3,(H,18,20);2*1H. The number of ether oxygens (including phenoxy) is 1. The average Bonchev–Trinajstić information content (AvgIpc) is 3.18. The first-order valence-corrected chi connectivity index (χ1v) is 8.47. The topological polar surface area (TPSA) is 67.6 Å². The molecule has 23 heavy (non-hydrogen) atoms. The number of amides is 1. The third-order valence-corrected chi connectivity index (χ3v) is 5.88. The van der Waals surface area contributed by atoms with Gasteiger partial charge in [0.15, 0.2) is 0 Å². The lowest BCUT2D eigenvalue weighted by atomic mass is 9.84. The van der Waals surface area contributed by atoms with Crippen molar-refractivity contribution >= 4 is 30.7 Å². The van der Waals surface area contributed by atoms with Gasteiger partial charge in [-0.15, -0.1) is 24.8 Å². The number of nitrogens with one attached hydrogen (secondary N) is 1. The van der Waals surface area contributed by atoms with E-state index in [1.54, 1.807) is 7.11 Å². The third-order valence-electron chi connectivity index (χ3n) is 5.88. The van der Waals surface area contributed by atoms with Crippen molar-refractivity contribution in [2.45, 2.75) is 44.2 Å². The van der Waals surface area contributed by atoms with Gasteiger partial charge >= 0.3 is 0 Å². The number of carbonyl (C=O) groups excluding carboxylic acids is 1. The van der Waals surface area contributed by atoms with Gasteiger partial charge in [-0.2, -0.15) is 0 Å². The number of fused-ring (bicyclic) bond motifs is 2. The maximum atomic E-state index is 12.5. The van der Waals surface area contributed by atoms with E-state index in [1.165, 1.54) is 32.1 Å². The Morgan fingerprint density at radius 2 is 2.00 bits per heavy atom. The normalized spacial score (nSPS) is 35.7. The van der Waals surface area contributed by atoms with Gasteiger partial charge in [0.05, 0.1) is 12.5 Å². The molecule has 2 aliphatic carbocycles. The Morgan fingerprint density at radius 1 is 1.26 bits per heavy atom. The number of likely N-dealkylation sites (tertiary alicyclic amines) is 1. The summed E-state index contributed by atoms with van der Waals surface area (Å²) in [6.07, 6.45) is 5.98. The molecule has 3 rings (SSSR count). The van der Waals surface area contributed by atoms with Gasteiger partial charge in [0.1, 0.15) is 0 Å². The highest BCUT2D eigenvalue weighted by atomic mass is 35.5. The quantitative estimate of drug-likeness (QED) is 0.744. The molecule has 3 N–H and O–H groups in total. The van der Waals surface area contributed by atoms with Crippen molar-refractivity contribution in [1.29, 1.82) is 0 Å². The van der Waals surface area contributed by atoms with Crippen LogP contribution in [0.5, 0.6) is 0 Å². The fourth-order valence-electron chi connectivity index (χ4n) is 4.69. The highest BCUT2D eigenvalue weighted by Crippen LogP contribution is 2.47. The molecule has 1 saturated heterocycles. The molecule has 5 atom stereocenters. The summed E-state index contributed by atoms with van der Waals surface area (Å²) >= 11 is 0. The lowest BCUT2D eigenvalue weighted by Crippen LogP contribution is -2.48. The first kappa shape index (κ1) is 21.0. The zero-order valence-corrected chi connectivity index (χ0v) is 15.5. The molecule has 3 aliphatic rings. The van der Waals surface area contributed by atoms with E-state index in [9.17, 15) is 4.79 Å². The van der Waals surface area contributed by atoms with E-state index >= 15 is 0 Å². The van der Waals surface area contributed by atoms with E-state index in [4.69, 9.17) is 10.5 Å². The molecule has 0 spiro atoms. The largest absolute Gasteiger partial charge is 0.383 e. The number of nitrogens with two attached hydrogens (primary N) is 1. The molecule has 1 aliphatic heterocycles. The first-order chi connectivity index (χ1) is 10.2. The third kappa shape index (κ3) is 4.51. The van der Waals surface area contributed by atoms with Crippen LogP contribution in [0.25, 0.3) is 0 Å². The number of hydrogen-bond acceptors (Lipinski definition) is 4. The lowest BCUT2D eigenvalue weighted by Gasteiger charge is -2.29. The fraction of sp³-hybridized carbons (Fsp3) is 0.938. The van der Waals surface area contributed by atoms with Gasteiger partial charge in [0.2, 0.25) is 5.91 Å².